The molecule has 2 fully saturated rings. The average molecular weight is 534 g/mol. The highest BCUT2D eigenvalue weighted by Crippen LogP contribution is 2.55. The molecular weight excluding hydrogens is 521 g/mol. The highest BCUT2D eigenvalue weighted by Gasteiger charge is 2.75. The Morgan fingerprint density at radius 2 is 1.77 bits per heavy atom. The molecule has 0 spiro atoms. The van der Waals surface area contributed by atoms with Crippen molar-refractivity contribution < 1.29 is 27.4 Å². The van der Waals surface area contributed by atoms with Crippen LogP contribution in [0.15, 0.2) is 29.3 Å². The molecule has 189 valence electrons. The fraction of sp³-hybridized carbons (Fsp3) is 0.450. The third-order valence-electron chi connectivity index (χ3n) is 6.53. The average Bonchev–Trinajstić information content (AvgIpc) is 3.41. The van der Waals surface area contributed by atoms with Crippen LogP contribution in [0.5, 0.6) is 5.75 Å². The van der Waals surface area contributed by atoms with E-state index in [2.05, 4.69) is 10.1 Å². The van der Waals surface area contributed by atoms with Gasteiger partial charge in [0.15, 0.2) is 18.6 Å². The lowest BCUT2D eigenvalue weighted by Gasteiger charge is -2.67. The number of carbonyl (C=O) groups excluding carboxylic acids is 1. The summed E-state index contributed by atoms with van der Waals surface area (Å²) in [5, 5.41) is 6.08. The third-order valence-corrected chi connectivity index (χ3v) is 6.53. The lowest BCUT2D eigenvalue weighted by molar-refractivity contribution is -0.140. The molecule has 2 unspecified atom stereocenters. The van der Waals surface area contributed by atoms with Crippen molar-refractivity contribution in [1.82, 2.24) is 20.1 Å². The number of aromatic nitrogens is 3. The van der Waals surface area contributed by atoms with E-state index >= 15 is 0 Å². The number of anilines is 1. The van der Waals surface area contributed by atoms with Gasteiger partial charge < -0.3 is 19.3 Å². The Morgan fingerprint density at radius 1 is 1.07 bits per heavy atom. The number of hydrogen-bond donors (Lipinski definition) is 1. The van der Waals surface area contributed by atoms with Crippen molar-refractivity contribution in [3.63, 3.8) is 0 Å². The Hall–Kier alpha value is -3.21. The van der Waals surface area contributed by atoms with Crippen molar-refractivity contribution in [1.29, 1.82) is 5.26 Å². The molecule has 0 bridgehead atoms. The topological polar surface area (TPSA) is 124 Å². The minimum Gasteiger partial charge on any atom is -0.489 e. The molecule has 4 heterocycles. The molecule has 1 N–H and O–H groups in total. The molecule has 13 radical (unpaired) electrons. The number of H-pyrrole nitrogens is 1. The lowest BCUT2D eigenvalue weighted by atomic mass is 9.34. The molecule has 20 heteroatoms. The van der Waals surface area contributed by atoms with Crippen LogP contribution >= 0.6 is 0 Å². The molecule has 2 aliphatic heterocycles. The number of ether oxygens (including phenoxy) is 2. The first kappa shape index (κ1) is 29.8. The molecule has 0 aliphatic carbocycles. The molecule has 40 heavy (non-hydrogen) atoms. The second-order valence-electron chi connectivity index (χ2n) is 9.17. The maximum atomic E-state index is 13.2. The van der Waals surface area contributed by atoms with Crippen LogP contribution in [0.2, 0.25) is 0 Å². The monoisotopic (exact) mass is 535 g/mol. The van der Waals surface area contributed by atoms with Crippen LogP contribution in [0.3, 0.4) is 0 Å². The molecule has 0 aromatic carbocycles. The number of amides is 1. The number of pyridine rings is 1. The van der Waals surface area contributed by atoms with E-state index < -0.39 is 56.9 Å². The van der Waals surface area contributed by atoms with Crippen molar-refractivity contribution in [2.75, 3.05) is 24.7 Å². The SMILES string of the molecule is [B]C1([B])N(C(=O)CCOCCOc2cn[nH]c(=O)c2C(F)(F)F)C2([B])[B]C2([B])N(c2ccc(C#N)cn2)C1([B])[B]. The van der Waals surface area contributed by atoms with Gasteiger partial charge in [0.1, 0.15) is 18.5 Å². The van der Waals surface area contributed by atoms with Gasteiger partial charge >= 0.3 is 6.18 Å². The van der Waals surface area contributed by atoms with E-state index in [1.165, 1.54) is 25.6 Å². The van der Waals surface area contributed by atoms with Crippen LogP contribution in [0.4, 0.5) is 19.0 Å². The van der Waals surface area contributed by atoms with E-state index in [0.29, 0.717) is 6.20 Å². The van der Waals surface area contributed by atoms with E-state index in [1.54, 1.807) is 5.10 Å². The van der Waals surface area contributed by atoms with E-state index in [4.69, 9.17) is 61.8 Å². The van der Waals surface area contributed by atoms with Gasteiger partial charge in [-0.3, -0.25) is 9.59 Å². The van der Waals surface area contributed by atoms with Gasteiger partial charge in [0.2, 0.25) is 5.91 Å². The molecule has 2 aliphatic rings. The predicted molar refractivity (Wildman–Crippen MR) is 140 cm³/mol. The Labute approximate surface area is 235 Å². The fourth-order valence-electron chi connectivity index (χ4n) is 4.48. The normalized spacial score (nSPS) is 24.4. The minimum absolute atomic E-state index is 0.0927. The number of aromatic amines is 1. The summed E-state index contributed by atoms with van der Waals surface area (Å²) in [6.07, 6.45) is -3.36. The summed E-state index contributed by atoms with van der Waals surface area (Å²) < 4.78 is 49.5. The fourth-order valence-corrected chi connectivity index (χ4v) is 4.48. The smallest absolute Gasteiger partial charge is 0.425 e. The molecule has 1 amide bonds. The Balaban J connectivity index is 1.40. The minimum atomic E-state index is -4.96. The van der Waals surface area contributed by atoms with Crippen molar-refractivity contribution >= 4 is 66.1 Å². The quantitative estimate of drug-likeness (QED) is 0.292. The Kier molecular flexibility index (Phi) is 7.45. The number of rotatable bonds is 8. The second-order valence-corrected chi connectivity index (χ2v) is 9.17. The van der Waals surface area contributed by atoms with E-state index in [1.807, 2.05) is 6.07 Å². The summed E-state index contributed by atoms with van der Waals surface area (Å²) in [6.45, 7) is -0.916. The summed E-state index contributed by atoms with van der Waals surface area (Å²) >= 11 is 0. The van der Waals surface area contributed by atoms with Gasteiger partial charge in [-0.05, 0) is 33.5 Å². The molecule has 4 rings (SSSR count). The second kappa shape index (κ2) is 10.0. The number of nitrogens with one attached hydrogen (secondary N) is 1. The zero-order chi connectivity index (χ0) is 29.7. The van der Waals surface area contributed by atoms with Crippen LogP contribution in [0, 0.1) is 11.3 Å². The first-order chi connectivity index (χ1) is 18.5. The van der Waals surface area contributed by atoms with E-state index in [-0.39, 0.29) is 31.0 Å². The van der Waals surface area contributed by atoms with Crippen molar-refractivity contribution in [3.05, 3.63) is 46.0 Å². The Morgan fingerprint density at radius 3 is 2.38 bits per heavy atom. The van der Waals surface area contributed by atoms with Crippen LogP contribution in [0.1, 0.15) is 17.5 Å². The molecular formula is C20H13B7F3N6O4. The maximum absolute atomic E-state index is 13.2. The summed E-state index contributed by atoms with van der Waals surface area (Å²) in [4.78, 5) is 30.8. The highest BCUT2D eigenvalue weighted by atomic mass is 19.4. The van der Waals surface area contributed by atoms with Gasteiger partial charge in [-0.15, -0.1) is 0 Å². The zero-order valence-electron chi connectivity index (χ0n) is 20.7. The number of piperazine rings is 1. The number of halogens is 3. The summed E-state index contributed by atoms with van der Waals surface area (Å²) in [5.74, 6) is -1.43. The molecule has 0 saturated carbocycles. The molecule has 10 nitrogen and oxygen atoms in total. The van der Waals surface area contributed by atoms with Gasteiger partial charge in [0.05, 0.1) is 78.5 Å². The molecule has 2 saturated heterocycles. The Bertz CT molecular complexity index is 1410. The summed E-state index contributed by atoms with van der Waals surface area (Å²) in [6, 6.07) is 4.76. The molecule has 2 atom stereocenters. The van der Waals surface area contributed by atoms with E-state index in [9.17, 15) is 22.8 Å². The summed E-state index contributed by atoms with van der Waals surface area (Å²) in [7, 11) is 39.5. The molecule has 2 aromatic rings. The van der Waals surface area contributed by atoms with Gasteiger partial charge in [-0.2, -0.15) is 23.5 Å². The van der Waals surface area contributed by atoms with Gasteiger partial charge in [-0.25, -0.2) is 10.1 Å². The largest absolute Gasteiger partial charge is 0.489 e. The number of carbonyl (C=O) groups is 1. The van der Waals surface area contributed by atoms with Crippen LogP contribution in [-0.2, 0) is 15.7 Å². The highest BCUT2D eigenvalue weighted by molar-refractivity contribution is 6.84. The summed E-state index contributed by atoms with van der Waals surface area (Å²) in [5.41, 5.74) is -2.76. The third kappa shape index (κ3) is 4.72. The van der Waals surface area contributed by atoms with Gasteiger partial charge in [-0.1, -0.05) is 0 Å². The van der Waals surface area contributed by atoms with E-state index in [0.717, 1.165) is 9.80 Å². The van der Waals surface area contributed by atoms with Gasteiger partial charge in [0.25, 0.3) is 5.56 Å². The van der Waals surface area contributed by atoms with Crippen LogP contribution in [-0.4, -0.2) is 122 Å². The number of hydrogen-bond acceptors (Lipinski definition) is 8. The standard InChI is InChI=1S/C20H13B7F3N6O4/c21-17(22)18(23,24)36(20(26)19(25,27-20)35(17)12-2-1-10(7-31)8-32-12)13(37)3-4-39-5-6-40-11-9-33-34-15(38)14(11)16(28,29)30/h1-2,8-9H,3-6H2,(H,34,38). The van der Waals surface area contributed by atoms with Crippen molar-refractivity contribution in [3.8, 4) is 11.8 Å². The predicted octanol–water partition coefficient (Wildman–Crippen LogP) is -2.47. The van der Waals surface area contributed by atoms with Crippen LogP contribution < -0.4 is 15.2 Å². The zero-order valence-corrected chi connectivity index (χ0v) is 20.7. The molecule has 2 aromatic heterocycles. The maximum Gasteiger partial charge on any atom is 0.425 e. The van der Waals surface area contributed by atoms with Crippen LogP contribution in [0.25, 0.3) is 0 Å². The first-order valence-electron chi connectivity index (χ1n) is 11.5. The number of fused-ring (bicyclic) bond motifs is 1. The number of nitriles is 1. The lowest BCUT2D eigenvalue weighted by Crippen LogP contribution is -2.84. The van der Waals surface area contributed by atoms with Crippen molar-refractivity contribution in [2.24, 2.45) is 0 Å². The number of nitrogens with zero attached hydrogens (tertiary/aromatic N) is 5. The van der Waals surface area contributed by atoms with Gasteiger partial charge in [0, 0.05) is 6.20 Å². The van der Waals surface area contributed by atoms with Crippen molar-refractivity contribution in [2.45, 2.75) is 33.9 Å². The number of alkyl halides is 3. The first-order valence-corrected chi connectivity index (χ1v) is 11.5.